The number of amides is 1. The largest absolute Gasteiger partial charge is 0.394 e. The number of nitrogens with one attached hydrogen (secondary N) is 1. The topological polar surface area (TPSA) is 246 Å². The number of carbonyl (C=O) groups is 1. The van der Waals surface area contributed by atoms with Crippen molar-refractivity contribution in [1.29, 1.82) is 0 Å². The molecule has 0 spiro atoms. The number of carbonyl (C=O) groups excluding carboxylic acids is 1. The first-order chi connectivity index (χ1) is 16.6. The average molecular weight is 513 g/mol. The molecule has 0 unspecified atom stereocenters. The van der Waals surface area contributed by atoms with Crippen molar-refractivity contribution < 1.29 is 74.1 Å². The highest BCUT2D eigenvalue weighted by molar-refractivity contribution is 5.84. The lowest BCUT2D eigenvalue weighted by atomic mass is 9.90. The van der Waals surface area contributed by atoms with Crippen molar-refractivity contribution in [3.8, 4) is 0 Å². The molecular weight excluding hydrogens is 482 g/mol. The molecule has 35 heavy (non-hydrogen) atoms. The van der Waals surface area contributed by atoms with Crippen LogP contribution < -0.4 is 5.32 Å². The highest BCUT2D eigenvalue weighted by atomic mass is 16.7. The van der Waals surface area contributed by atoms with Crippen LogP contribution in [0.4, 0.5) is 0 Å². The van der Waals surface area contributed by atoms with Gasteiger partial charge in [-0.05, 0) is 0 Å². The van der Waals surface area contributed by atoms with Crippen LogP contribution in [0.25, 0.3) is 0 Å². The molecule has 5 aliphatic rings. The Balaban J connectivity index is 1.39. The molecule has 0 aliphatic carbocycles. The molecule has 5 rings (SSSR count). The van der Waals surface area contributed by atoms with Gasteiger partial charge in [0, 0.05) is 7.11 Å². The van der Waals surface area contributed by atoms with E-state index in [-0.39, 0.29) is 6.61 Å². The Morgan fingerprint density at radius 1 is 0.771 bits per heavy atom. The van der Waals surface area contributed by atoms with Gasteiger partial charge in [-0.3, -0.25) is 4.79 Å². The van der Waals surface area contributed by atoms with E-state index < -0.39 is 105 Å². The second-order valence-electron chi connectivity index (χ2n) is 8.83. The van der Waals surface area contributed by atoms with Crippen molar-refractivity contribution in [3.63, 3.8) is 0 Å². The van der Waals surface area contributed by atoms with Gasteiger partial charge >= 0.3 is 0 Å². The quantitative estimate of drug-likeness (QED) is 0.153. The number of ether oxygens (including phenoxy) is 6. The lowest BCUT2D eigenvalue weighted by molar-refractivity contribution is -0.353. The molecule has 16 nitrogen and oxygen atoms in total. The van der Waals surface area contributed by atoms with Crippen LogP contribution in [-0.2, 0) is 33.2 Å². The summed E-state index contributed by atoms with van der Waals surface area (Å²) in [5.74, 6) is -0.665. The number of aliphatic hydroxyl groups excluding tert-OH is 8. The molecule has 0 saturated carbocycles. The van der Waals surface area contributed by atoms with Crippen molar-refractivity contribution in [2.45, 2.75) is 92.1 Å². The molecule has 5 fully saturated rings. The standard InChI is InChI=1S/C19H31NO15/c1-30-18-12(27)11(26)8(23)5(33-18)3-31-17-6-9(24)14(15(35-17)16(29)20-6)34-19-13(28)10(25)7(22)4(2-21)32-19/h4-15,17-19,21-28H,2-3H2,1H3,(H,20,29)/t4-,5-,6+,7-,8-,9+,10+,11+,12-,13-,14-,15+,17-,18+,19-/m1/s1. The molecule has 0 radical (unpaired) electrons. The first-order valence-corrected chi connectivity index (χ1v) is 11.0. The average Bonchev–Trinajstić information content (AvgIpc) is 2.84. The van der Waals surface area contributed by atoms with E-state index in [9.17, 15) is 45.6 Å². The van der Waals surface area contributed by atoms with E-state index in [4.69, 9.17) is 28.4 Å². The van der Waals surface area contributed by atoms with Gasteiger partial charge in [0.15, 0.2) is 25.0 Å². The number of fused-ring (bicyclic) bond motifs is 3. The zero-order valence-electron chi connectivity index (χ0n) is 18.5. The van der Waals surface area contributed by atoms with Crippen molar-refractivity contribution in [2.75, 3.05) is 20.3 Å². The maximum absolute atomic E-state index is 12.4. The first-order valence-electron chi connectivity index (χ1n) is 11.0. The fraction of sp³-hybridized carbons (Fsp3) is 0.947. The van der Waals surface area contributed by atoms with Gasteiger partial charge in [0.1, 0.15) is 67.1 Å². The van der Waals surface area contributed by atoms with Gasteiger partial charge < -0.3 is 74.6 Å². The Kier molecular flexibility index (Phi) is 8.26. The maximum atomic E-state index is 12.4. The Hall–Kier alpha value is -1.09. The zero-order chi connectivity index (χ0) is 25.6. The minimum Gasteiger partial charge on any atom is -0.394 e. The van der Waals surface area contributed by atoms with E-state index in [0.29, 0.717) is 0 Å². The van der Waals surface area contributed by atoms with Gasteiger partial charge in [-0.25, -0.2) is 0 Å². The van der Waals surface area contributed by atoms with Gasteiger partial charge in [0.25, 0.3) is 5.91 Å². The molecule has 1 amide bonds. The third-order valence-corrected chi connectivity index (χ3v) is 6.61. The second kappa shape index (κ2) is 10.7. The molecule has 0 aromatic carbocycles. The lowest BCUT2D eigenvalue weighted by Gasteiger charge is -2.50. The third kappa shape index (κ3) is 4.92. The van der Waals surface area contributed by atoms with E-state index in [1.54, 1.807) is 0 Å². The Morgan fingerprint density at radius 2 is 1.37 bits per heavy atom. The van der Waals surface area contributed by atoms with Gasteiger partial charge in [0.2, 0.25) is 0 Å². The zero-order valence-corrected chi connectivity index (χ0v) is 18.5. The fourth-order valence-corrected chi connectivity index (χ4v) is 4.53. The maximum Gasteiger partial charge on any atom is 0.252 e. The molecular formula is C19H31NO15. The number of hydrogen-bond acceptors (Lipinski definition) is 15. The summed E-state index contributed by atoms with van der Waals surface area (Å²) in [7, 11) is 1.24. The summed E-state index contributed by atoms with van der Waals surface area (Å²) < 4.78 is 32.3. The van der Waals surface area contributed by atoms with Crippen LogP contribution in [0.2, 0.25) is 0 Å². The predicted octanol–water partition coefficient (Wildman–Crippen LogP) is -6.77. The summed E-state index contributed by atoms with van der Waals surface area (Å²) in [5.41, 5.74) is 0. The number of hydrogen-bond donors (Lipinski definition) is 9. The van der Waals surface area contributed by atoms with Crippen LogP contribution in [0.1, 0.15) is 0 Å². The smallest absolute Gasteiger partial charge is 0.252 e. The molecule has 5 saturated heterocycles. The Labute approximate surface area is 198 Å². The summed E-state index contributed by atoms with van der Waals surface area (Å²) >= 11 is 0. The lowest BCUT2D eigenvalue weighted by Crippen LogP contribution is -2.75. The van der Waals surface area contributed by atoms with E-state index in [1.807, 2.05) is 0 Å². The Morgan fingerprint density at radius 3 is 2.00 bits per heavy atom. The van der Waals surface area contributed by atoms with E-state index >= 15 is 0 Å². The van der Waals surface area contributed by atoms with Crippen LogP contribution in [0, 0.1) is 0 Å². The van der Waals surface area contributed by atoms with Gasteiger partial charge in [0.05, 0.1) is 13.2 Å². The summed E-state index contributed by atoms with van der Waals surface area (Å²) in [6.07, 6.45) is -20.4. The predicted molar refractivity (Wildman–Crippen MR) is 105 cm³/mol. The number of methoxy groups -OCH3 is 1. The van der Waals surface area contributed by atoms with Crippen molar-refractivity contribution >= 4 is 5.91 Å². The Bertz CT molecular complexity index is 739. The van der Waals surface area contributed by atoms with Crippen LogP contribution in [0.15, 0.2) is 0 Å². The molecule has 5 aliphatic heterocycles. The van der Waals surface area contributed by atoms with Gasteiger partial charge in [-0.15, -0.1) is 0 Å². The number of piperidine rings is 1. The summed E-state index contributed by atoms with van der Waals surface area (Å²) in [6, 6.07) is -1.17. The molecule has 9 N–H and O–H groups in total. The number of rotatable bonds is 7. The fourth-order valence-electron chi connectivity index (χ4n) is 4.53. The molecule has 15 atom stereocenters. The molecule has 5 heterocycles. The van der Waals surface area contributed by atoms with Crippen molar-refractivity contribution in [1.82, 2.24) is 5.32 Å². The monoisotopic (exact) mass is 513 g/mol. The second-order valence-corrected chi connectivity index (χ2v) is 8.83. The van der Waals surface area contributed by atoms with Gasteiger partial charge in [-0.2, -0.15) is 0 Å². The number of aliphatic hydroxyl groups is 8. The molecule has 2 bridgehead atoms. The minimum atomic E-state index is -1.75. The van der Waals surface area contributed by atoms with Gasteiger partial charge in [-0.1, -0.05) is 0 Å². The highest BCUT2D eigenvalue weighted by Gasteiger charge is 2.57. The van der Waals surface area contributed by atoms with Crippen molar-refractivity contribution in [2.24, 2.45) is 0 Å². The third-order valence-electron chi connectivity index (χ3n) is 6.61. The van der Waals surface area contributed by atoms with Crippen LogP contribution in [0.5, 0.6) is 0 Å². The van der Waals surface area contributed by atoms with Crippen molar-refractivity contribution in [3.05, 3.63) is 0 Å². The summed E-state index contributed by atoms with van der Waals surface area (Å²) in [4.78, 5) is 12.4. The van der Waals surface area contributed by atoms with Crippen LogP contribution in [-0.4, -0.2) is 159 Å². The summed E-state index contributed by atoms with van der Waals surface area (Å²) in [6.45, 7) is -1.07. The SMILES string of the molecule is CO[C@H]1O[C@H](CO[C@@H]2O[C@@H]3C(=O)N[C@H]2[C@H](O)[C@H]3O[C@H]2O[C@H](CO)[C@@H](O)[C@H](O)[C@H]2O)[C@@H](O)[C@H](O)[C@H]1O. The molecule has 0 aromatic rings. The van der Waals surface area contributed by atoms with Crippen LogP contribution in [0.3, 0.4) is 0 Å². The van der Waals surface area contributed by atoms with E-state index in [0.717, 1.165) is 0 Å². The highest BCUT2D eigenvalue weighted by Crippen LogP contribution is 2.33. The minimum absolute atomic E-state index is 0.375. The molecule has 16 heteroatoms. The molecule has 0 aromatic heterocycles. The van der Waals surface area contributed by atoms with E-state index in [2.05, 4.69) is 5.32 Å². The van der Waals surface area contributed by atoms with Crippen LogP contribution >= 0.6 is 0 Å². The first kappa shape index (κ1) is 27.0. The summed E-state index contributed by atoms with van der Waals surface area (Å²) in [5, 5.41) is 82.6. The van der Waals surface area contributed by atoms with E-state index in [1.165, 1.54) is 7.11 Å². The number of morpholine rings is 1. The normalized spacial score (nSPS) is 52.4. The molecule has 202 valence electrons.